The van der Waals surface area contributed by atoms with Crippen molar-refractivity contribution >= 4 is 34.4 Å². The number of nitrogens with one attached hydrogen (secondary N) is 1. The molecule has 1 atom stereocenters. The van der Waals surface area contributed by atoms with Gasteiger partial charge in [-0.15, -0.1) is 0 Å². The van der Waals surface area contributed by atoms with Gasteiger partial charge in [0.15, 0.2) is 0 Å². The zero-order valence-electron chi connectivity index (χ0n) is 16.2. The van der Waals surface area contributed by atoms with E-state index < -0.39 is 28.8 Å². The summed E-state index contributed by atoms with van der Waals surface area (Å²) in [6, 6.07) is 12.7. The zero-order valence-corrected chi connectivity index (χ0v) is 17.0. The minimum atomic E-state index is -2.36. The number of anilines is 2. The van der Waals surface area contributed by atoms with Crippen LogP contribution in [0, 0.1) is 12.7 Å². The normalized spacial score (nSPS) is 11.7. The predicted molar refractivity (Wildman–Crippen MR) is 113 cm³/mol. The van der Waals surface area contributed by atoms with Gasteiger partial charge in [0.05, 0.1) is 11.1 Å². The van der Waals surface area contributed by atoms with E-state index in [1.54, 1.807) is 19.1 Å². The predicted octanol–water partition coefficient (Wildman–Crippen LogP) is 4.32. The highest BCUT2D eigenvalue weighted by Gasteiger charge is 2.20. The average Bonchev–Trinajstić information content (AvgIpc) is 2.69. The van der Waals surface area contributed by atoms with Crippen LogP contribution >= 0.6 is 0 Å². The third-order valence-electron chi connectivity index (χ3n) is 4.61. The Kier molecular flexibility index (Phi) is 6.47. The summed E-state index contributed by atoms with van der Waals surface area (Å²) >= 11 is -2.36. The highest BCUT2D eigenvalue weighted by molar-refractivity contribution is 7.78. The van der Waals surface area contributed by atoms with Crippen LogP contribution in [0.15, 0.2) is 54.6 Å². The maximum atomic E-state index is 13.2. The first-order chi connectivity index (χ1) is 14.7. The van der Waals surface area contributed by atoms with Gasteiger partial charge in [-0.1, -0.05) is 17.1 Å². The molecule has 0 aliphatic heterocycles. The molecule has 9 heteroatoms. The minimum Gasteiger partial charge on any atom is -0.772 e. The molecule has 1 unspecified atom stereocenters. The van der Waals surface area contributed by atoms with Gasteiger partial charge in [0.25, 0.3) is 0 Å². The standard InChI is InChI=1S/C22H18FNO6S/c1-12-8-17(19(22(27)28)10-16(12)21(25)26)18-9-13(11-31(29)30)2-7-20(18)24-15-5-3-14(23)4-6-15/h2-10,24H,11H2,1H3,(H,25,26)(H,27,28)(H,29,30)/p-1. The summed E-state index contributed by atoms with van der Waals surface area (Å²) in [5.74, 6) is -3.29. The van der Waals surface area contributed by atoms with Gasteiger partial charge in [0.2, 0.25) is 0 Å². The van der Waals surface area contributed by atoms with Crippen molar-refractivity contribution in [3.63, 3.8) is 0 Å². The Morgan fingerprint density at radius 1 is 0.968 bits per heavy atom. The van der Waals surface area contributed by atoms with Crippen LogP contribution in [0.25, 0.3) is 11.1 Å². The Labute approximate surface area is 179 Å². The molecule has 0 radical (unpaired) electrons. The molecule has 0 amide bonds. The number of halogens is 1. The molecule has 0 heterocycles. The number of carbonyl (C=O) groups is 2. The molecule has 3 rings (SSSR count). The number of aryl methyl sites for hydroxylation is 1. The smallest absolute Gasteiger partial charge is 0.336 e. The number of hydrogen-bond acceptors (Lipinski definition) is 5. The highest BCUT2D eigenvalue weighted by atomic mass is 32.2. The van der Waals surface area contributed by atoms with Gasteiger partial charge in [0, 0.05) is 22.7 Å². The summed E-state index contributed by atoms with van der Waals surface area (Å²) in [5.41, 5.74) is 1.93. The first-order valence-electron chi connectivity index (χ1n) is 8.98. The van der Waals surface area contributed by atoms with Crippen molar-refractivity contribution in [2.45, 2.75) is 12.7 Å². The van der Waals surface area contributed by atoms with Crippen molar-refractivity contribution in [3.8, 4) is 11.1 Å². The molecule has 3 aromatic carbocycles. The quantitative estimate of drug-likeness (QED) is 0.465. The summed E-state index contributed by atoms with van der Waals surface area (Å²) in [5, 5.41) is 22.1. The Morgan fingerprint density at radius 3 is 2.19 bits per heavy atom. The Bertz CT molecular complexity index is 1190. The van der Waals surface area contributed by atoms with Gasteiger partial charge in [0.1, 0.15) is 5.82 Å². The van der Waals surface area contributed by atoms with Gasteiger partial charge in [-0.3, -0.25) is 4.21 Å². The molecule has 0 aliphatic rings. The third-order valence-corrected chi connectivity index (χ3v) is 5.18. The summed E-state index contributed by atoms with van der Waals surface area (Å²) in [6.45, 7) is 1.54. The van der Waals surface area contributed by atoms with Gasteiger partial charge in [-0.2, -0.15) is 0 Å². The number of carboxylic acids is 2. The summed E-state index contributed by atoms with van der Waals surface area (Å²) in [7, 11) is 0. The largest absolute Gasteiger partial charge is 0.772 e. The molecular weight excluding hydrogens is 425 g/mol. The van der Waals surface area contributed by atoms with Gasteiger partial charge >= 0.3 is 11.9 Å². The molecule has 3 N–H and O–H groups in total. The molecule has 0 aromatic heterocycles. The van der Waals surface area contributed by atoms with Crippen molar-refractivity contribution < 1.29 is 33.0 Å². The first-order valence-corrected chi connectivity index (χ1v) is 10.2. The highest BCUT2D eigenvalue weighted by Crippen LogP contribution is 2.35. The van der Waals surface area contributed by atoms with E-state index in [1.807, 2.05) is 0 Å². The fourth-order valence-electron chi connectivity index (χ4n) is 3.18. The molecule has 0 aliphatic carbocycles. The molecular formula is C22H17FNO6S-. The lowest BCUT2D eigenvalue weighted by molar-refractivity contribution is 0.0695. The minimum absolute atomic E-state index is 0.147. The first kappa shape index (κ1) is 22.1. The van der Waals surface area contributed by atoms with Crippen LogP contribution in [0.3, 0.4) is 0 Å². The van der Waals surface area contributed by atoms with Crippen LogP contribution in [-0.2, 0) is 16.8 Å². The van der Waals surface area contributed by atoms with E-state index in [0.29, 0.717) is 28.1 Å². The van der Waals surface area contributed by atoms with Crippen LogP contribution in [0.4, 0.5) is 15.8 Å². The van der Waals surface area contributed by atoms with E-state index in [2.05, 4.69) is 5.32 Å². The summed E-state index contributed by atoms with van der Waals surface area (Å²) in [6.07, 6.45) is 0. The molecule has 0 fully saturated rings. The Hall–Kier alpha value is -3.56. The second kappa shape index (κ2) is 9.07. The monoisotopic (exact) mass is 442 g/mol. The van der Waals surface area contributed by atoms with E-state index in [1.165, 1.54) is 36.4 Å². The van der Waals surface area contributed by atoms with Crippen molar-refractivity contribution in [2.75, 3.05) is 5.32 Å². The Morgan fingerprint density at radius 2 is 1.61 bits per heavy atom. The molecule has 0 bridgehead atoms. The maximum Gasteiger partial charge on any atom is 0.336 e. The molecule has 0 saturated heterocycles. The summed E-state index contributed by atoms with van der Waals surface area (Å²) < 4.78 is 35.6. The number of aromatic carboxylic acids is 2. The van der Waals surface area contributed by atoms with E-state index in [4.69, 9.17) is 0 Å². The van der Waals surface area contributed by atoms with Gasteiger partial charge < -0.3 is 20.1 Å². The number of carboxylic acid groups (broad SMARTS) is 2. The Balaban J connectivity index is 2.22. The van der Waals surface area contributed by atoms with Crippen molar-refractivity contribution in [1.82, 2.24) is 0 Å². The van der Waals surface area contributed by atoms with E-state index in [-0.39, 0.29) is 22.4 Å². The van der Waals surface area contributed by atoms with E-state index >= 15 is 0 Å². The third kappa shape index (κ3) is 5.14. The molecule has 3 aromatic rings. The molecule has 31 heavy (non-hydrogen) atoms. The maximum absolute atomic E-state index is 13.2. The van der Waals surface area contributed by atoms with E-state index in [0.717, 1.165) is 6.07 Å². The van der Waals surface area contributed by atoms with Crippen molar-refractivity contribution in [1.29, 1.82) is 0 Å². The lowest BCUT2D eigenvalue weighted by Gasteiger charge is -2.18. The van der Waals surface area contributed by atoms with Gasteiger partial charge in [-0.05, 0) is 72.1 Å². The lowest BCUT2D eigenvalue weighted by atomic mass is 9.92. The number of rotatable bonds is 7. The molecule has 0 saturated carbocycles. The topological polar surface area (TPSA) is 127 Å². The van der Waals surface area contributed by atoms with Crippen LogP contribution in [-0.4, -0.2) is 30.9 Å². The molecule has 7 nitrogen and oxygen atoms in total. The average molecular weight is 442 g/mol. The second-order valence-corrected chi connectivity index (χ2v) is 7.68. The molecule has 0 spiro atoms. The van der Waals surface area contributed by atoms with E-state index in [9.17, 15) is 33.0 Å². The van der Waals surface area contributed by atoms with Crippen LogP contribution < -0.4 is 5.32 Å². The molecule has 160 valence electrons. The van der Waals surface area contributed by atoms with Crippen LogP contribution in [0.5, 0.6) is 0 Å². The second-order valence-electron chi connectivity index (χ2n) is 6.78. The van der Waals surface area contributed by atoms with Crippen LogP contribution in [0.2, 0.25) is 0 Å². The SMILES string of the molecule is Cc1cc(-c2cc(CS(=O)[O-])ccc2Nc2ccc(F)cc2)c(C(=O)O)cc1C(=O)O. The van der Waals surface area contributed by atoms with Crippen LogP contribution in [0.1, 0.15) is 31.8 Å². The zero-order chi connectivity index (χ0) is 22.7. The number of benzene rings is 3. The fourth-order valence-corrected chi connectivity index (χ4v) is 3.63. The van der Waals surface area contributed by atoms with Gasteiger partial charge in [-0.25, -0.2) is 14.0 Å². The fraction of sp³-hybridized carbons (Fsp3) is 0.0909. The summed E-state index contributed by atoms with van der Waals surface area (Å²) in [4.78, 5) is 23.3. The van der Waals surface area contributed by atoms with Crippen molar-refractivity contribution in [3.05, 3.63) is 82.7 Å². The lowest BCUT2D eigenvalue weighted by Crippen LogP contribution is -2.08. The number of hydrogen-bond donors (Lipinski definition) is 3. The van der Waals surface area contributed by atoms with Crippen molar-refractivity contribution in [2.24, 2.45) is 0 Å².